The summed E-state index contributed by atoms with van der Waals surface area (Å²) in [7, 11) is 1.39. The zero-order chi connectivity index (χ0) is 20.4. The number of aromatic nitrogens is 1. The van der Waals surface area contributed by atoms with Crippen molar-refractivity contribution in [2.45, 2.75) is 25.3 Å². The third kappa shape index (κ3) is 2.72. The first kappa shape index (κ1) is 18.4. The standard InChI is InChI=1S/C21H25N3O5/c1-11(25)22-7-12-6-13(8-22)19(24-16(12)4-3-5-17(24)26)20(27)23-9-14-15(10-23)18(14)21(28)29-2/h3-5,12-15,18-19H,6-10H2,1-2H3/t12-,13+,14-,15+,18?,19-/m1/s1. The Kier molecular flexibility index (Phi) is 4.08. The van der Waals surface area contributed by atoms with E-state index in [0.717, 1.165) is 12.1 Å². The quantitative estimate of drug-likeness (QED) is 0.665. The number of hydrogen-bond donors (Lipinski definition) is 0. The molecule has 8 heteroatoms. The number of likely N-dealkylation sites (tertiary alicyclic amines) is 2. The van der Waals surface area contributed by atoms with E-state index in [1.54, 1.807) is 27.4 Å². The minimum Gasteiger partial charge on any atom is -0.469 e. The summed E-state index contributed by atoms with van der Waals surface area (Å²) in [6, 6.07) is 4.55. The van der Waals surface area contributed by atoms with E-state index in [0.29, 0.717) is 26.2 Å². The van der Waals surface area contributed by atoms with E-state index < -0.39 is 6.04 Å². The van der Waals surface area contributed by atoms with Gasteiger partial charge in [-0.1, -0.05) is 6.07 Å². The van der Waals surface area contributed by atoms with Crippen molar-refractivity contribution < 1.29 is 19.1 Å². The number of carbonyl (C=O) groups excluding carboxylic acids is 3. The van der Waals surface area contributed by atoms with Crippen LogP contribution < -0.4 is 5.56 Å². The van der Waals surface area contributed by atoms with E-state index in [2.05, 4.69) is 0 Å². The Labute approximate surface area is 168 Å². The number of hydrogen-bond acceptors (Lipinski definition) is 5. The van der Waals surface area contributed by atoms with Gasteiger partial charge in [-0.25, -0.2) is 0 Å². The van der Waals surface area contributed by atoms with Gasteiger partial charge in [-0.2, -0.15) is 0 Å². The van der Waals surface area contributed by atoms with Gasteiger partial charge in [0.15, 0.2) is 0 Å². The van der Waals surface area contributed by atoms with Gasteiger partial charge in [-0.05, 0) is 24.3 Å². The summed E-state index contributed by atoms with van der Waals surface area (Å²) in [5.41, 5.74) is 0.679. The summed E-state index contributed by atoms with van der Waals surface area (Å²) in [5, 5.41) is 0. The van der Waals surface area contributed by atoms with Crippen molar-refractivity contribution in [3.63, 3.8) is 0 Å². The van der Waals surface area contributed by atoms with Gasteiger partial charge in [0.25, 0.3) is 5.56 Å². The van der Waals surface area contributed by atoms with Gasteiger partial charge in [0.1, 0.15) is 6.04 Å². The van der Waals surface area contributed by atoms with E-state index in [1.165, 1.54) is 13.2 Å². The zero-order valence-corrected chi connectivity index (χ0v) is 16.6. The van der Waals surface area contributed by atoms with E-state index in [9.17, 15) is 19.2 Å². The maximum atomic E-state index is 13.6. The fraction of sp³-hybridized carbons (Fsp3) is 0.619. The van der Waals surface area contributed by atoms with Crippen molar-refractivity contribution in [2.24, 2.45) is 23.7 Å². The van der Waals surface area contributed by atoms with E-state index in [4.69, 9.17) is 4.74 Å². The summed E-state index contributed by atoms with van der Waals surface area (Å²) in [4.78, 5) is 53.7. The lowest BCUT2D eigenvalue weighted by Crippen LogP contribution is -2.54. The summed E-state index contributed by atoms with van der Waals surface area (Å²) < 4.78 is 6.51. The Balaban J connectivity index is 1.44. The molecule has 2 bridgehead atoms. The molecule has 5 rings (SSSR count). The van der Waals surface area contributed by atoms with Crippen LogP contribution in [0.15, 0.2) is 23.0 Å². The van der Waals surface area contributed by atoms with Crippen LogP contribution in [0.5, 0.6) is 0 Å². The minimum absolute atomic E-state index is 0.000892. The Bertz CT molecular complexity index is 944. The zero-order valence-electron chi connectivity index (χ0n) is 16.6. The summed E-state index contributed by atoms with van der Waals surface area (Å²) >= 11 is 0. The molecule has 3 aliphatic heterocycles. The molecule has 3 fully saturated rings. The predicted octanol–water partition coefficient (Wildman–Crippen LogP) is 0.232. The molecule has 0 N–H and O–H groups in total. The number of nitrogens with zero attached hydrogens (tertiary/aromatic N) is 3. The predicted molar refractivity (Wildman–Crippen MR) is 102 cm³/mol. The molecule has 154 valence electrons. The summed E-state index contributed by atoms with van der Waals surface area (Å²) in [6.45, 7) is 3.70. The SMILES string of the molecule is COC(=O)C1[C@H]2CN(C(=O)[C@H]3[C@H]4C[C@H](CN(C(C)=O)C4)c4cccc(=O)n43)C[C@@H]12. The first-order valence-corrected chi connectivity index (χ1v) is 10.2. The Morgan fingerprint density at radius 1 is 1.03 bits per heavy atom. The van der Waals surface area contributed by atoms with Crippen molar-refractivity contribution >= 4 is 17.8 Å². The highest BCUT2D eigenvalue weighted by molar-refractivity contribution is 5.84. The lowest BCUT2D eigenvalue weighted by atomic mass is 9.78. The lowest BCUT2D eigenvalue weighted by Gasteiger charge is -2.46. The summed E-state index contributed by atoms with van der Waals surface area (Å²) in [6.07, 6.45) is 0.801. The van der Waals surface area contributed by atoms with Crippen LogP contribution >= 0.6 is 0 Å². The van der Waals surface area contributed by atoms with Gasteiger partial charge in [-0.3, -0.25) is 23.7 Å². The average Bonchev–Trinajstić information content (AvgIpc) is 3.20. The molecule has 0 spiro atoms. The fourth-order valence-corrected chi connectivity index (χ4v) is 5.89. The molecule has 2 saturated heterocycles. The Morgan fingerprint density at radius 3 is 2.41 bits per heavy atom. The molecule has 0 radical (unpaired) electrons. The molecule has 1 aliphatic carbocycles. The first-order chi connectivity index (χ1) is 13.9. The van der Waals surface area contributed by atoms with Crippen molar-refractivity contribution in [3.05, 3.63) is 34.2 Å². The van der Waals surface area contributed by atoms with Gasteiger partial charge in [0.2, 0.25) is 11.8 Å². The largest absolute Gasteiger partial charge is 0.469 e. The molecule has 4 aliphatic rings. The lowest BCUT2D eigenvalue weighted by molar-refractivity contribution is -0.145. The molecule has 29 heavy (non-hydrogen) atoms. The number of fused-ring (bicyclic) bond motifs is 5. The van der Waals surface area contributed by atoms with Crippen LogP contribution in [0, 0.1) is 23.7 Å². The van der Waals surface area contributed by atoms with E-state index >= 15 is 0 Å². The molecule has 6 atom stereocenters. The minimum atomic E-state index is -0.592. The topological polar surface area (TPSA) is 88.9 Å². The molecular formula is C21H25N3O5. The normalized spacial score (nSPS) is 34.3. The van der Waals surface area contributed by atoms with Crippen molar-refractivity contribution in [1.82, 2.24) is 14.4 Å². The highest BCUT2D eigenvalue weighted by atomic mass is 16.5. The van der Waals surface area contributed by atoms with Crippen molar-refractivity contribution in [1.29, 1.82) is 0 Å². The van der Waals surface area contributed by atoms with Gasteiger partial charge >= 0.3 is 5.97 Å². The number of esters is 1. The number of carbonyl (C=O) groups is 3. The fourth-order valence-electron chi connectivity index (χ4n) is 5.89. The molecule has 1 saturated carbocycles. The Hall–Kier alpha value is -2.64. The first-order valence-electron chi connectivity index (χ1n) is 10.2. The smallest absolute Gasteiger partial charge is 0.309 e. The molecule has 1 aromatic heterocycles. The third-order valence-electron chi connectivity index (χ3n) is 7.32. The number of piperidine rings is 2. The van der Waals surface area contributed by atoms with Gasteiger partial charge in [0.05, 0.1) is 13.0 Å². The molecule has 1 unspecified atom stereocenters. The van der Waals surface area contributed by atoms with Crippen LogP contribution in [0.1, 0.15) is 31.0 Å². The molecule has 4 heterocycles. The summed E-state index contributed by atoms with van der Waals surface area (Å²) in [5.74, 6) is -0.0386. The van der Waals surface area contributed by atoms with Gasteiger partial charge in [0, 0.05) is 56.7 Å². The van der Waals surface area contributed by atoms with Crippen molar-refractivity contribution in [3.8, 4) is 0 Å². The van der Waals surface area contributed by atoms with Crippen LogP contribution in [-0.2, 0) is 19.1 Å². The van der Waals surface area contributed by atoms with E-state index in [1.807, 2.05) is 6.07 Å². The van der Waals surface area contributed by atoms with Crippen LogP contribution in [-0.4, -0.2) is 65.4 Å². The average molecular weight is 399 g/mol. The van der Waals surface area contributed by atoms with E-state index in [-0.39, 0.29) is 52.9 Å². The third-order valence-corrected chi connectivity index (χ3v) is 7.32. The van der Waals surface area contributed by atoms with Crippen LogP contribution in [0.25, 0.3) is 0 Å². The molecular weight excluding hydrogens is 374 g/mol. The number of amides is 2. The highest BCUT2D eigenvalue weighted by Gasteiger charge is 2.61. The molecule has 8 nitrogen and oxygen atoms in total. The maximum absolute atomic E-state index is 13.6. The van der Waals surface area contributed by atoms with Crippen molar-refractivity contribution in [2.75, 3.05) is 33.3 Å². The number of ether oxygens (including phenoxy) is 1. The second-order valence-electron chi connectivity index (χ2n) is 8.84. The van der Waals surface area contributed by atoms with Crippen LogP contribution in [0.4, 0.5) is 0 Å². The number of rotatable bonds is 2. The second-order valence-corrected chi connectivity index (χ2v) is 8.84. The van der Waals surface area contributed by atoms with Crippen LogP contribution in [0.3, 0.4) is 0 Å². The molecule has 1 aromatic rings. The van der Waals surface area contributed by atoms with Crippen LogP contribution in [0.2, 0.25) is 0 Å². The number of pyridine rings is 1. The maximum Gasteiger partial charge on any atom is 0.309 e. The monoisotopic (exact) mass is 399 g/mol. The number of methoxy groups -OCH3 is 1. The van der Waals surface area contributed by atoms with Gasteiger partial charge < -0.3 is 14.5 Å². The highest BCUT2D eigenvalue weighted by Crippen LogP contribution is 2.53. The molecule has 2 amide bonds. The Morgan fingerprint density at radius 2 is 1.76 bits per heavy atom. The van der Waals surface area contributed by atoms with Gasteiger partial charge in [-0.15, -0.1) is 0 Å². The molecule has 0 aromatic carbocycles. The second kappa shape index (κ2) is 6.43.